The lowest BCUT2D eigenvalue weighted by atomic mass is 10.2. The molecule has 0 unspecified atom stereocenters. The molecule has 0 radical (unpaired) electrons. The van der Waals surface area contributed by atoms with Crippen LogP contribution in [0.3, 0.4) is 0 Å². The number of carbonyl (C=O) groups is 1. The molecule has 1 heterocycles. The van der Waals surface area contributed by atoms with Crippen molar-refractivity contribution in [3.05, 3.63) is 47.5 Å². The summed E-state index contributed by atoms with van der Waals surface area (Å²) in [5.41, 5.74) is 1.12. The normalized spacial score (nSPS) is 13.1. The minimum atomic E-state index is -3.52. The summed E-state index contributed by atoms with van der Waals surface area (Å²) in [5, 5.41) is 3.34. The molecular formula is C19H21ClN2O5S. The van der Waals surface area contributed by atoms with Gasteiger partial charge in [-0.2, -0.15) is 0 Å². The van der Waals surface area contributed by atoms with Crippen LogP contribution in [0.2, 0.25) is 5.02 Å². The summed E-state index contributed by atoms with van der Waals surface area (Å²) in [4.78, 5) is 12.1. The molecule has 0 fully saturated rings. The first-order chi connectivity index (χ1) is 13.3. The minimum absolute atomic E-state index is 0.173. The van der Waals surface area contributed by atoms with Crippen LogP contribution in [-0.2, 0) is 14.8 Å². The highest BCUT2D eigenvalue weighted by Crippen LogP contribution is 2.34. The zero-order valence-corrected chi connectivity index (χ0v) is 16.9. The Hall–Kier alpha value is -2.45. The number of fused-ring (bicyclic) bond motifs is 1. The summed E-state index contributed by atoms with van der Waals surface area (Å²) >= 11 is 5.82. The molecule has 2 aromatic carbocycles. The molecule has 28 heavy (non-hydrogen) atoms. The van der Waals surface area contributed by atoms with Gasteiger partial charge in [0.15, 0.2) is 11.5 Å². The molecule has 1 N–H and O–H groups in total. The van der Waals surface area contributed by atoms with E-state index in [9.17, 15) is 13.2 Å². The Kier molecular flexibility index (Phi) is 6.31. The van der Waals surface area contributed by atoms with E-state index in [4.69, 9.17) is 21.1 Å². The quantitative estimate of drug-likeness (QED) is 0.737. The molecule has 0 saturated carbocycles. The molecule has 0 spiro atoms. The molecular weight excluding hydrogens is 404 g/mol. The van der Waals surface area contributed by atoms with Crippen molar-refractivity contribution in [2.24, 2.45) is 0 Å². The fourth-order valence-corrected chi connectivity index (χ4v) is 3.90. The van der Waals surface area contributed by atoms with Crippen LogP contribution in [0.25, 0.3) is 0 Å². The summed E-state index contributed by atoms with van der Waals surface area (Å²) in [7, 11) is -3.52. The number of halogens is 1. The van der Waals surface area contributed by atoms with Gasteiger partial charge in [0, 0.05) is 29.7 Å². The molecule has 1 aliphatic heterocycles. The SMILES string of the molecule is CS(=O)(=O)N(CCCC(=O)Nc1ccc(Cl)cc1)c1ccc2c(c1)OCCO2. The summed E-state index contributed by atoms with van der Waals surface area (Å²) in [6, 6.07) is 11.8. The third-order valence-corrected chi connectivity index (χ3v) is 5.55. The molecule has 2 aromatic rings. The lowest BCUT2D eigenvalue weighted by molar-refractivity contribution is -0.116. The van der Waals surface area contributed by atoms with E-state index in [0.717, 1.165) is 6.26 Å². The Labute approximate surface area is 169 Å². The Bertz CT molecular complexity index is 947. The molecule has 0 saturated heterocycles. The monoisotopic (exact) mass is 424 g/mol. The van der Waals surface area contributed by atoms with E-state index in [-0.39, 0.29) is 18.9 Å². The average Bonchev–Trinajstić information content (AvgIpc) is 2.66. The molecule has 150 valence electrons. The van der Waals surface area contributed by atoms with Gasteiger partial charge in [-0.05, 0) is 42.8 Å². The molecule has 9 heteroatoms. The van der Waals surface area contributed by atoms with E-state index in [2.05, 4.69) is 5.32 Å². The van der Waals surface area contributed by atoms with E-state index in [0.29, 0.717) is 47.5 Å². The second-order valence-electron chi connectivity index (χ2n) is 6.32. The Morgan fingerprint density at radius 3 is 2.46 bits per heavy atom. The molecule has 3 rings (SSSR count). The van der Waals surface area contributed by atoms with Crippen LogP contribution in [0.4, 0.5) is 11.4 Å². The molecule has 0 aliphatic carbocycles. The molecule has 0 atom stereocenters. The van der Waals surface area contributed by atoms with Gasteiger partial charge in [-0.15, -0.1) is 0 Å². The number of anilines is 2. The van der Waals surface area contributed by atoms with Crippen LogP contribution in [0.1, 0.15) is 12.8 Å². The van der Waals surface area contributed by atoms with E-state index in [1.165, 1.54) is 4.31 Å². The van der Waals surface area contributed by atoms with Crippen LogP contribution in [0.5, 0.6) is 11.5 Å². The molecule has 0 bridgehead atoms. The number of nitrogens with zero attached hydrogens (tertiary/aromatic N) is 1. The third-order valence-electron chi connectivity index (χ3n) is 4.11. The minimum Gasteiger partial charge on any atom is -0.486 e. The highest BCUT2D eigenvalue weighted by atomic mass is 35.5. The van der Waals surface area contributed by atoms with Gasteiger partial charge in [0.1, 0.15) is 13.2 Å². The van der Waals surface area contributed by atoms with Crippen LogP contribution in [-0.4, -0.2) is 40.3 Å². The highest BCUT2D eigenvalue weighted by molar-refractivity contribution is 7.92. The van der Waals surface area contributed by atoms with E-state index in [1.807, 2.05) is 0 Å². The molecule has 1 aliphatic rings. The summed E-state index contributed by atoms with van der Waals surface area (Å²) in [6.45, 7) is 1.05. The standard InChI is InChI=1S/C19H21ClN2O5S/c1-28(24,25)22(16-8-9-17-18(13-16)27-12-11-26-17)10-2-3-19(23)21-15-6-4-14(20)5-7-15/h4-9,13H,2-3,10-12H2,1H3,(H,21,23). The van der Waals surface area contributed by atoms with E-state index >= 15 is 0 Å². The van der Waals surface area contributed by atoms with Crippen molar-refractivity contribution in [3.8, 4) is 11.5 Å². The third kappa shape index (κ3) is 5.30. The lowest BCUT2D eigenvalue weighted by Gasteiger charge is -2.25. The van der Waals surface area contributed by atoms with Crippen LogP contribution >= 0.6 is 11.6 Å². The summed E-state index contributed by atoms with van der Waals surface area (Å²) in [6.07, 6.45) is 1.68. The maximum Gasteiger partial charge on any atom is 0.232 e. The van der Waals surface area contributed by atoms with Gasteiger partial charge in [0.25, 0.3) is 0 Å². The largest absolute Gasteiger partial charge is 0.486 e. The van der Waals surface area contributed by atoms with Crippen molar-refractivity contribution >= 4 is 38.9 Å². The second-order valence-corrected chi connectivity index (χ2v) is 8.66. The van der Waals surface area contributed by atoms with Crippen molar-refractivity contribution in [1.82, 2.24) is 0 Å². The number of benzene rings is 2. The zero-order chi connectivity index (χ0) is 20.1. The van der Waals surface area contributed by atoms with E-state index < -0.39 is 10.0 Å². The van der Waals surface area contributed by atoms with Crippen molar-refractivity contribution in [1.29, 1.82) is 0 Å². The first-order valence-electron chi connectivity index (χ1n) is 8.76. The average molecular weight is 425 g/mol. The number of amides is 1. The number of carbonyl (C=O) groups excluding carboxylic acids is 1. The zero-order valence-electron chi connectivity index (χ0n) is 15.4. The second kappa shape index (κ2) is 8.70. The molecule has 1 amide bonds. The van der Waals surface area contributed by atoms with Crippen LogP contribution < -0.4 is 19.1 Å². The first-order valence-corrected chi connectivity index (χ1v) is 11.0. The van der Waals surface area contributed by atoms with Crippen molar-refractivity contribution in [3.63, 3.8) is 0 Å². The molecule has 7 nitrogen and oxygen atoms in total. The number of nitrogens with one attached hydrogen (secondary N) is 1. The fraction of sp³-hybridized carbons (Fsp3) is 0.316. The Balaban J connectivity index is 1.62. The number of sulfonamides is 1. The number of rotatable bonds is 7. The predicted molar refractivity (Wildman–Crippen MR) is 109 cm³/mol. The van der Waals surface area contributed by atoms with Crippen molar-refractivity contribution in [2.45, 2.75) is 12.8 Å². The number of hydrogen-bond donors (Lipinski definition) is 1. The maximum atomic E-state index is 12.2. The Morgan fingerprint density at radius 1 is 1.11 bits per heavy atom. The van der Waals surface area contributed by atoms with Crippen LogP contribution in [0.15, 0.2) is 42.5 Å². The number of ether oxygens (including phenoxy) is 2. The van der Waals surface area contributed by atoms with Gasteiger partial charge in [0.05, 0.1) is 11.9 Å². The molecule has 0 aromatic heterocycles. The first kappa shape index (κ1) is 20.3. The smallest absolute Gasteiger partial charge is 0.232 e. The fourth-order valence-electron chi connectivity index (χ4n) is 2.81. The Morgan fingerprint density at radius 2 is 1.79 bits per heavy atom. The predicted octanol–water partition coefficient (Wildman–Crippen LogP) is 3.30. The van der Waals surface area contributed by atoms with Gasteiger partial charge in [-0.1, -0.05) is 11.6 Å². The summed E-state index contributed by atoms with van der Waals surface area (Å²) < 4.78 is 36.7. The van der Waals surface area contributed by atoms with Gasteiger partial charge in [-0.3, -0.25) is 9.10 Å². The van der Waals surface area contributed by atoms with Gasteiger partial charge in [-0.25, -0.2) is 8.42 Å². The lowest BCUT2D eigenvalue weighted by Crippen LogP contribution is -2.31. The van der Waals surface area contributed by atoms with E-state index in [1.54, 1.807) is 42.5 Å². The highest BCUT2D eigenvalue weighted by Gasteiger charge is 2.21. The van der Waals surface area contributed by atoms with Gasteiger partial charge in [0.2, 0.25) is 15.9 Å². The van der Waals surface area contributed by atoms with Gasteiger partial charge < -0.3 is 14.8 Å². The topological polar surface area (TPSA) is 84.9 Å². The number of hydrogen-bond acceptors (Lipinski definition) is 5. The van der Waals surface area contributed by atoms with Crippen LogP contribution in [0, 0.1) is 0 Å². The van der Waals surface area contributed by atoms with Crippen molar-refractivity contribution < 1.29 is 22.7 Å². The maximum absolute atomic E-state index is 12.2. The van der Waals surface area contributed by atoms with Gasteiger partial charge >= 0.3 is 0 Å². The summed E-state index contributed by atoms with van der Waals surface area (Å²) in [5.74, 6) is 0.904. The van der Waals surface area contributed by atoms with Crippen molar-refractivity contribution in [2.75, 3.05) is 35.6 Å².